The first-order valence-corrected chi connectivity index (χ1v) is 7.48. The Kier molecular flexibility index (Phi) is 4.04. The largest absolute Gasteiger partial charge is 0.497 e. The molecule has 0 heterocycles. The summed E-state index contributed by atoms with van der Waals surface area (Å²) in [6.07, 6.45) is 0. The second-order valence-corrected chi connectivity index (χ2v) is 6.29. The number of sulfonamides is 1. The molecule has 2 rings (SSSR count). The number of ether oxygens (including phenoxy) is 1. The fourth-order valence-corrected chi connectivity index (χ4v) is 3.14. The Balaban J connectivity index is 2.49. The maximum atomic E-state index is 13.3. The number of nitrogens with two attached hydrogens (primary N) is 1. The van der Waals surface area contributed by atoms with Crippen molar-refractivity contribution in [3.63, 3.8) is 0 Å². The molecule has 0 spiro atoms. The predicted octanol–water partition coefficient (Wildman–Crippen LogP) is 2.24. The molecule has 21 heavy (non-hydrogen) atoms. The van der Waals surface area contributed by atoms with E-state index in [1.165, 1.54) is 20.2 Å². The zero-order valence-corrected chi connectivity index (χ0v) is 12.4. The van der Waals surface area contributed by atoms with E-state index in [4.69, 9.17) is 10.5 Å². The first-order valence-electron chi connectivity index (χ1n) is 6.04. The molecule has 0 amide bonds. The minimum Gasteiger partial charge on any atom is -0.497 e. The molecule has 2 N–H and O–H groups in total. The first kappa shape index (κ1) is 15.1. The van der Waals surface area contributed by atoms with E-state index in [9.17, 15) is 12.8 Å². The number of nitrogens with zero attached hydrogens (tertiary/aromatic N) is 1. The van der Waals surface area contributed by atoms with Gasteiger partial charge in [0.25, 0.3) is 10.0 Å². The van der Waals surface area contributed by atoms with Crippen LogP contribution in [0.2, 0.25) is 0 Å². The van der Waals surface area contributed by atoms with Crippen LogP contribution in [0.25, 0.3) is 0 Å². The van der Waals surface area contributed by atoms with E-state index in [0.717, 1.165) is 16.4 Å². The third-order valence-corrected chi connectivity index (χ3v) is 4.87. The van der Waals surface area contributed by atoms with Gasteiger partial charge in [-0.2, -0.15) is 0 Å². The third-order valence-electron chi connectivity index (χ3n) is 3.03. The van der Waals surface area contributed by atoms with Gasteiger partial charge in [0, 0.05) is 13.1 Å². The van der Waals surface area contributed by atoms with Crippen LogP contribution in [0.4, 0.5) is 15.8 Å². The Hall–Kier alpha value is -2.28. The van der Waals surface area contributed by atoms with Crippen LogP contribution >= 0.6 is 0 Å². The van der Waals surface area contributed by atoms with Gasteiger partial charge in [0.2, 0.25) is 0 Å². The van der Waals surface area contributed by atoms with Gasteiger partial charge in [-0.15, -0.1) is 0 Å². The zero-order chi connectivity index (χ0) is 15.6. The summed E-state index contributed by atoms with van der Waals surface area (Å²) in [7, 11) is -1.10. The number of hydrogen-bond acceptors (Lipinski definition) is 4. The van der Waals surface area contributed by atoms with Gasteiger partial charge in [-0.1, -0.05) is 6.07 Å². The molecule has 0 saturated carbocycles. The highest BCUT2D eigenvalue weighted by Crippen LogP contribution is 2.28. The lowest BCUT2D eigenvalue weighted by Crippen LogP contribution is -2.27. The lowest BCUT2D eigenvalue weighted by molar-refractivity contribution is 0.415. The van der Waals surface area contributed by atoms with Crippen molar-refractivity contribution >= 4 is 21.4 Å². The first-order chi connectivity index (χ1) is 9.86. The molecule has 0 aliphatic heterocycles. The Labute approximate surface area is 122 Å². The average Bonchev–Trinajstić information content (AvgIpc) is 2.48. The summed E-state index contributed by atoms with van der Waals surface area (Å²) in [6, 6.07) is 9.76. The van der Waals surface area contributed by atoms with E-state index in [2.05, 4.69) is 0 Å². The highest BCUT2D eigenvalue weighted by Gasteiger charge is 2.24. The van der Waals surface area contributed by atoms with Crippen molar-refractivity contribution in [2.24, 2.45) is 0 Å². The number of hydrogen-bond donors (Lipinski definition) is 1. The topological polar surface area (TPSA) is 72.6 Å². The minimum atomic E-state index is -3.96. The van der Waals surface area contributed by atoms with Gasteiger partial charge in [-0.05, 0) is 30.3 Å². The summed E-state index contributed by atoms with van der Waals surface area (Å²) in [6.45, 7) is 0. The lowest BCUT2D eigenvalue weighted by atomic mass is 10.3. The van der Waals surface area contributed by atoms with E-state index >= 15 is 0 Å². The summed E-state index contributed by atoms with van der Waals surface area (Å²) in [5.74, 6) is -0.149. The highest BCUT2D eigenvalue weighted by atomic mass is 32.2. The molecular weight excluding hydrogens is 295 g/mol. The molecule has 0 aliphatic rings. The second-order valence-electron chi connectivity index (χ2n) is 4.36. The lowest BCUT2D eigenvalue weighted by Gasteiger charge is -2.21. The highest BCUT2D eigenvalue weighted by molar-refractivity contribution is 7.93. The van der Waals surface area contributed by atoms with Crippen molar-refractivity contribution in [1.82, 2.24) is 0 Å². The van der Waals surface area contributed by atoms with Crippen LogP contribution in [-0.4, -0.2) is 22.6 Å². The van der Waals surface area contributed by atoms with Crippen LogP contribution in [0.3, 0.4) is 0 Å². The summed E-state index contributed by atoms with van der Waals surface area (Å²) in [5.41, 5.74) is 6.03. The van der Waals surface area contributed by atoms with Gasteiger partial charge in [0.1, 0.15) is 16.5 Å². The Bertz CT molecular complexity index is 763. The zero-order valence-electron chi connectivity index (χ0n) is 11.6. The second kappa shape index (κ2) is 5.61. The van der Waals surface area contributed by atoms with Gasteiger partial charge in [0.05, 0.1) is 18.5 Å². The number of halogens is 1. The van der Waals surface area contributed by atoms with Crippen LogP contribution < -0.4 is 14.8 Å². The number of nitrogen functional groups attached to an aromatic ring is 1. The minimum absolute atomic E-state index is 0.00820. The van der Waals surface area contributed by atoms with Crippen molar-refractivity contribution in [2.45, 2.75) is 4.90 Å². The van der Waals surface area contributed by atoms with E-state index in [1.807, 2.05) is 0 Å². The predicted molar refractivity (Wildman–Crippen MR) is 79.4 cm³/mol. The van der Waals surface area contributed by atoms with Crippen molar-refractivity contribution in [1.29, 1.82) is 0 Å². The van der Waals surface area contributed by atoms with Gasteiger partial charge in [0.15, 0.2) is 0 Å². The molecule has 0 aliphatic carbocycles. The summed E-state index contributed by atoms with van der Waals surface area (Å²) in [4.78, 5) is -0.271. The van der Waals surface area contributed by atoms with Gasteiger partial charge in [-0.25, -0.2) is 12.8 Å². The molecule has 2 aromatic carbocycles. The molecule has 0 fully saturated rings. The van der Waals surface area contributed by atoms with Crippen LogP contribution in [0.5, 0.6) is 5.75 Å². The SMILES string of the molecule is COc1cccc(N(C)S(=O)(=O)c2cc(F)ccc2N)c1. The molecule has 2 aromatic rings. The average molecular weight is 310 g/mol. The molecule has 5 nitrogen and oxygen atoms in total. The molecular formula is C14H15FN2O3S. The van der Waals surface area contributed by atoms with Crippen LogP contribution in [0, 0.1) is 5.82 Å². The van der Waals surface area contributed by atoms with Crippen molar-refractivity contribution in [2.75, 3.05) is 24.2 Å². The summed E-state index contributed by atoms with van der Waals surface area (Å²) < 4.78 is 44.5. The molecule has 0 saturated heterocycles. The van der Waals surface area contributed by atoms with Crippen LogP contribution in [0.15, 0.2) is 47.4 Å². The molecule has 0 aromatic heterocycles. The molecule has 0 unspecified atom stereocenters. The fraction of sp³-hybridized carbons (Fsp3) is 0.143. The summed E-state index contributed by atoms with van der Waals surface area (Å²) >= 11 is 0. The smallest absolute Gasteiger partial charge is 0.266 e. The molecule has 7 heteroatoms. The van der Waals surface area contributed by atoms with Crippen LogP contribution in [0.1, 0.15) is 0 Å². The number of anilines is 2. The Morgan fingerprint density at radius 2 is 1.90 bits per heavy atom. The number of rotatable bonds is 4. The quantitative estimate of drug-likeness (QED) is 0.879. The molecule has 0 atom stereocenters. The van der Waals surface area contributed by atoms with Crippen molar-refractivity contribution < 1.29 is 17.5 Å². The van der Waals surface area contributed by atoms with Crippen molar-refractivity contribution in [3.05, 3.63) is 48.3 Å². The number of benzene rings is 2. The molecule has 0 radical (unpaired) electrons. The standard InChI is InChI=1S/C14H15FN2O3S/c1-17(11-4-3-5-12(9-11)20-2)21(18,19)14-8-10(15)6-7-13(14)16/h3-9H,16H2,1-2H3. The van der Waals surface area contributed by atoms with Crippen molar-refractivity contribution in [3.8, 4) is 5.75 Å². The van der Waals surface area contributed by atoms with Gasteiger partial charge >= 0.3 is 0 Å². The fourth-order valence-electron chi connectivity index (χ4n) is 1.82. The van der Waals surface area contributed by atoms with E-state index in [-0.39, 0.29) is 10.6 Å². The maximum Gasteiger partial charge on any atom is 0.266 e. The van der Waals surface area contributed by atoms with Crippen LogP contribution in [-0.2, 0) is 10.0 Å². The molecule has 112 valence electrons. The van der Waals surface area contributed by atoms with E-state index in [0.29, 0.717) is 11.4 Å². The van der Waals surface area contributed by atoms with Gasteiger partial charge in [-0.3, -0.25) is 4.31 Å². The summed E-state index contributed by atoms with van der Waals surface area (Å²) in [5, 5.41) is 0. The Morgan fingerprint density at radius 3 is 2.57 bits per heavy atom. The Morgan fingerprint density at radius 1 is 1.19 bits per heavy atom. The third kappa shape index (κ3) is 2.92. The van der Waals surface area contributed by atoms with Gasteiger partial charge < -0.3 is 10.5 Å². The molecule has 0 bridgehead atoms. The van der Waals surface area contributed by atoms with E-state index < -0.39 is 15.8 Å². The normalized spacial score (nSPS) is 11.2. The van der Waals surface area contributed by atoms with E-state index in [1.54, 1.807) is 24.3 Å². The monoisotopic (exact) mass is 310 g/mol. The maximum absolute atomic E-state index is 13.3. The number of methoxy groups -OCH3 is 1.